The highest BCUT2D eigenvalue weighted by molar-refractivity contribution is 5.92. The Morgan fingerprint density at radius 1 is 0.347 bits per heavy atom. The summed E-state index contributed by atoms with van der Waals surface area (Å²) in [5.74, 6) is -6.54. The van der Waals surface area contributed by atoms with Gasteiger partial charge in [0.25, 0.3) is 0 Å². The second-order valence-electron chi connectivity index (χ2n) is 14.2. The quantitative estimate of drug-likeness (QED) is 0.0389. The first kappa shape index (κ1) is 44.9. The molecule has 4 unspecified atom stereocenters. The fraction of sp³-hybridized carbons (Fsp3) is 0.902. The third-order valence-corrected chi connectivity index (χ3v) is 9.88. The van der Waals surface area contributed by atoms with Crippen molar-refractivity contribution in [3.8, 4) is 0 Å². The molecule has 0 aromatic heterocycles. The van der Waals surface area contributed by atoms with E-state index in [1.165, 1.54) is 25.7 Å². The molecule has 1 fully saturated rings. The van der Waals surface area contributed by atoms with Gasteiger partial charge in [0.2, 0.25) is 0 Å². The van der Waals surface area contributed by atoms with E-state index in [9.17, 15) is 19.2 Å². The van der Waals surface area contributed by atoms with E-state index in [2.05, 4.69) is 27.7 Å². The van der Waals surface area contributed by atoms with E-state index >= 15 is 0 Å². The maximum absolute atomic E-state index is 13.7. The van der Waals surface area contributed by atoms with E-state index in [1.54, 1.807) is 0 Å². The van der Waals surface area contributed by atoms with Crippen LogP contribution in [-0.2, 0) is 38.1 Å². The van der Waals surface area contributed by atoms with Crippen LogP contribution in [0.3, 0.4) is 0 Å². The third-order valence-electron chi connectivity index (χ3n) is 9.88. The zero-order valence-electron chi connectivity index (χ0n) is 32.1. The zero-order valence-corrected chi connectivity index (χ0v) is 32.1. The molecule has 0 aromatic carbocycles. The van der Waals surface area contributed by atoms with Gasteiger partial charge < -0.3 is 18.9 Å². The first-order valence-corrected chi connectivity index (χ1v) is 20.6. The van der Waals surface area contributed by atoms with Crippen LogP contribution in [0.1, 0.15) is 188 Å². The van der Waals surface area contributed by atoms with Crippen LogP contribution in [-0.4, -0.2) is 50.3 Å². The van der Waals surface area contributed by atoms with Crippen molar-refractivity contribution in [3.63, 3.8) is 0 Å². The van der Waals surface area contributed by atoms with Crippen LogP contribution >= 0.6 is 0 Å². The molecule has 286 valence electrons. The summed E-state index contributed by atoms with van der Waals surface area (Å²) in [6.07, 6.45) is 25.0. The lowest BCUT2D eigenvalue weighted by Gasteiger charge is -2.23. The van der Waals surface area contributed by atoms with Gasteiger partial charge in [-0.25, -0.2) is 0 Å². The average molecular weight is 695 g/mol. The van der Waals surface area contributed by atoms with Crippen LogP contribution in [0.5, 0.6) is 0 Å². The van der Waals surface area contributed by atoms with Crippen molar-refractivity contribution < 1.29 is 38.1 Å². The molecule has 49 heavy (non-hydrogen) atoms. The summed E-state index contributed by atoms with van der Waals surface area (Å²) >= 11 is 0. The summed E-state index contributed by atoms with van der Waals surface area (Å²) in [6.45, 7) is 9.63. The number of rotatable bonds is 32. The molecule has 0 amide bonds. The van der Waals surface area contributed by atoms with Gasteiger partial charge in [-0.05, 0) is 32.1 Å². The molecule has 0 bridgehead atoms. The van der Waals surface area contributed by atoms with E-state index in [1.807, 2.05) is 0 Å². The Bertz CT molecular complexity index is 790. The van der Waals surface area contributed by atoms with Crippen molar-refractivity contribution in [2.45, 2.75) is 188 Å². The summed E-state index contributed by atoms with van der Waals surface area (Å²) in [5, 5.41) is 0. The Morgan fingerprint density at radius 3 is 0.837 bits per heavy atom. The van der Waals surface area contributed by atoms with Crippen molar-refractivity contribution in [2.75, 3.05) is 26.4 Å². The largest absolute Gasteiger partial charge is 0.465 e. The fourth-order valence-corrected chi connectivity index (χ4v) is 6.80. The number of hydrogen-bond donors (Lipinski definition) is 0. The van der Waals surface area contributed by atoms with Crippen molar-refractivity contribution in [3.05, 3.63) is 0 Å². The van der Waals surface area contributed by atoms with Gasteiger partial charge in [-0.3, -0.25) is 19.2 Å². The molecule has 0 heterocycles. The van der Waals surface area contributed by atoms with Crippen LogP contribution < -0.4 is 0 Å². The van der Waals surface area contributed by atoms with E-state index in [0.29, 0.717) is 12.8 Å². The molecule has 0 aliphatic heterocycles. The van der Waals surface area contributed by atoms with Gasteiger partial charge >= 0.3 is 23.9 Å². The predicted molar refractivity (Wildman–Crippen MR) is 196 cm³/mol. The molecule has 0 spiro atoms. The third kappa shape index (κ3) is 20.4. The van der Waals surface area contributed by atoms with Crippen LogP contribution in [0.25, 0.3) is 0 Å². The minimum absolute atomic E-state index is 0.0121. The monoisotopic (exact) mass is 695 g/mol. The van der Waals surface area contributed by atoms with Crippen molar-refractivity contribution in [1.29, 1.82) is 0 Å². The average Bonchev–Trinajstić information content (AvgIpc) is 3.51. The molecule has 0 N–H and O–H groups in total. The molecule has 0 aromatic rings. The predicted octanol–water partition coefficient (Wildman–Crippen LogP) is 10.5. The number of carbonyl (C=O) groups is 4. The van der Waals surface area contributed by atoms with Crippen molar-refractivity contribution in [1.82, 2.24) is 0 Å². The summed E-state index contributed by atoms with van der Waals surface area (Å²) in [4.78, 5) is 54.5. The lowest BCUT2D eigenvalue weighted by Crippen LogP contribution is -2.38. The highest BCUT2D eigenvalue weighted by Crippen LogP contribution is 2.45. The van der Waals surface area contributed by atoms with Gasteiger partial charge in [0.1, 0.15) is 0 Å². The van der Waals surface area contributed by atoms with Gasteiger partial charge in [0, 0.05) is 0 Å². The Balaban J connectivity index is 3.04. The van der Waals surface area contributed by atoms with Gasteiger partial charge in [-0.1, -0.05) is 156 Å². The first-order chi connectivity index (χ1) is 23.9. The highest BCUT2D eigenvalue weighted by atomic mass is 16.6. The van der Waals surface area contributed by atoms with E-state index < -0.39 is 47.5 Å². The number of carbonyl (C=O) groups excluding carboxylic acids is 4. The van der Waals surface area contributed by atoms with Gasteiger partial charge in [-0.2, -0.15) is 0 Å². The smallest absolute Gasteiger partial charge is 0.310 e. The maximum Gasteiger partial charge on any atom is 0.310 e. The molecule has 1 aliphatic rings. The standard InChI is InChI=1S/C41H74O8/c1-5-9-13-17-21-25-29-46-38(42)34-33-35(39(43)47-30-26-22-18-14-10-6-2)37(41(45)49-32-28-24-20-16-12-8-4)36(34)40(44)48-31-27-23-19-15-11-7-3/h34-37H,5-33H2,1-4H3. The summed E-state index contributed by atoms with van der Waals surface area (Å²) < 4.78 is 22.8. The molecular weight excluding hydrogens is 620 g/mol. The Kier molecular flexibility index (Phi) is 28.1. The van der Waals surface area contributed by atoms with Crippen LogP contribution in [0.4, 0.5) is 0 Å². The first-order valence-electron chi connectivity index (χ1n) is 20.6. The molecular formula is C41H74O8. The van der Waals surface area contributed by atoms with Crippen molar-refractivity contribution >= 4 is 23.9 Å². The summed E-state index contributed by atoms with van der Waals surface area (Å²) in [6, 6.07) is 0. The highest BCUT2D eigenvalue weighted by Gasteiger charge is 2.58. The van der Waals surface area contributed by atoms with Gasteiger partial charge in [0.15, 0.2) is 0 Å². The topological polar surface area (TPSA) is 105 Å². The Morgan fingerprint density at radius 2 is 0.571 bits per heavy atom. The molecule has 0 saturated heterocycles. The van der Waals surface area contributed by atoms with E-state index in [-0.39, 0.29) is 32.8 Å². The summed E-state index contributed by atoms with van der Waals surface area (Å²) in [7, 11) is 0. The zero-order chi connectivity index (χ0) is 36.0. The molecule has 4 atom stereocenters. The number of esters is 4. The SMILES string of the molecule is CCCCCCCCOC(=O)C1CC(C(=O)OCCCCCCCC)C(C(=O)OCCCCCCCC)C1C(=O)OCCCCCCCC. The number of ether oxygens (including phenoxy) is 4. The van der Waals surface area contributed by atoms with E-state index in [4.69, 9.17) is 18.9 Å². The summed E-state index contributed by atoms with van der Waals surface area (Å²) in [5.41, 5.74) is 0. The lowest BCUT2D eigenvalue weighted by molar-refractivity contribution is -0.168. The molecule has 1 rings (SSSR count). The Labute approximate surface area is 299 Å². The lowest BCUT2D eigenvalue weighted by atomic mass is 9.86. The van der Waals surface area contributed by atoms with Crippen LogP contribution in [0, 0.1) is 23.7 Å². The normalized spacial score (nSPS) is 18.7. The minimum Gasteiger partial charge on any atom is -0.465 e. The van der Waals surface area contributed by atoms with Crippen LogP contribution in [0.2, 0.25) is 0 Å². The second-order valence-corrected chi connectivity index (χ2v) is 14.2. The molecule has 8 nitrogen and oxygen atoms in total. The fourth-order valence-electron chi connectivity index (χ4n) is 6.80. The molecule has 0 radical (unpaired) electrons. The maximum atomic E-state index is 13.7. The van der Waals surface area contributed by atoms with Crippen LogP contribution in [0.15, 0.2) is 0 Å². The molecule has 1 aliphatic carbocycles. The van der Waals surface area contributed by atoms with Gasteiger partial charge in [0.05, 0.1) is 50.1 Å². The number of hydrogen-bond acceptors (Lipinski definition) is 8. The number of unbranched alkanes of at least 4 members (excludes halogenated alkanes) is 20. The minimum atomic E-state index is -1.14. The van der Waals surface area contributed by atoms with Gasteiger partial charge in [-0.15, -0.1) is 0 Å². The molecule has 8 heteroatoms. The second kappa shape index (κ2) is 30.7. The Hall–Kier alpha value is -2.12. The van der Waals surface area contributed by atoms with E-state index in [0.717, 1.165) is 116 Å². The molecule has 1 saturated carbocycles. The van der Waals surface area contributed by atoms with Crippen molar-refractivity contribution in [2.24, 2.45) is 23.7 Å².